The van der Waals surface area contributed by atoms with Crippen LogP contribution >= 0.6 is 12.4 Å². The molecular formula is C18H29ClN2O. The molecular weight excluding hydrogens is 296 g/mol. The molecule has 1 aromatic rings. The van der Waals surface area contributed by atoms with Gasteiger partial charge in [0.15, 0.2) is 0 Å². The summed E-state index contributed by atoms with van der Waals surface area (Å²) in [7, 11) is 0. The Morgan fingerprint density at radius 1 is 1.32 bits per heavy atom. The molecule has 1 aliphatic carbocycles. The van der Waals surface area contributed by atoms with Crippen LogP contribution < -0.4 is 5.73 Å². The molecule has 2 N–H and O–H groups in total. The normalized spacial score (nSPS) is 22.0. The minimum atomic E-state index is 0. The SMILES string of the molecule is CCC(C)N(Cc1ccccc1)C(=O)[C@@H]1CCC[C@@H]1CN.Cl. The van der Waals surface area contributed by atoms with Crippen LogP contribution in [0.15, 0.2) is 30.3 Å². The van der Waals surface area contributed by atoms with E-state index in [-0.39, 0.29) is 24.4 Å². The Morgan fingerprint density at radius 2 is 2.00 bits per heavy atom. The largest absolute Gasteiger partial charge is 0.335 e. The fraction of sp³-hybridized carbons (Fsp3) is 0.611. The zero-order valence-corrected chi connectivity index (χ0v) is 14.5. The van der Waals surface area contributed by atoms with E-state index in [1.54, 1.807) is 0 Å². The van der Waals surface area contributed by atoms with Gasteiger partial charge in [-0.1, -0.05) is 43.7 Å². The summed E-state index contributed by atoms with van der Waals surface area (Å²) in [5.41, 5.74) is 7.05. The second-order valence-electron chi connectivity index (χ2n) is 6.24. The van der Waals surface area contributed by atoms with Crippen molar-refractivity contribution in [3.63, 3.8) is 0 Å². The molecule has 2 rings (SSSR count). The van der Waals surface area contributed by atoms with Gasteiger partial charge in [0.05, 0.1) is 0 Å². The molecule has 1 saturated carbocycles. The molecule has 4 heteroatoms. The first-order chi connectivity index (χ1) is 10.2. The van der Waals surface area contributed by atoms with Crippen LogP contribution in [0.1, 0.15) is 45.1 Å². The van der Waals surface area contributed by atoms with Crippen molar-refractivity contribution in [1.82, 2.24) is 4.90 Å². The Kier molecular flexibility index (Phi) is 7.91. The van der Waals surface area contributed by atoms with Crippen molar-refractivity contribution in [2.75, 3.05) is 6.54 Å². The second-order valence-corrected chi connectivity index (χ2v) is 6.24. The van der Waals surface area contributed by atoms with Crippen LogP contribution in [-0.4, -0.2) is 23.4 Å². The minimum Gasteiger partial charge on any atom is -0.335 e. The zero-order chi connectivity index (χ0) is 15.2. The molecule has 0 aliphatic heterocycles. The first-order valence-electron chi connectivity index (χ1n) is 8.21. The number of amides is 1. The Balaban J connectivity index is 0.00000242. The lowest BCUT2D eigenvalue weighted by Crippen LogP contribution is -2.43. The molecule has 0 aromatic heterocycles. The van der Waals surface area contributed by atoms with Crippen LogP contribution in [0.4, 0.5) is 0 Å². The average Bonchev–Trinajstić information content (AvgIpc) is 3.00. The average molecular weight is 325 g/mol. The van der Waals surface area contributed by atoms with Crippen molar-refractivity contribution in [1.29, 1.82) is 0 Å². The fourth-order valence-corrected chi connectivity index (χ4v) is 3.31. The van der Waals surface area contributed by atoms with Crippen molar-refractivity contribution in [2.24, 2.45) is 17.6 Å². The number of nitrogens with two attached hydrogens (primary N) is 1. The molecule has 0 bridgehead atoms. The summed E-state index contributed by atoms with van der Waals surface area (Å²) in [6.45, 7) is 5.64. The Labute approximate surface area is 140 Å². The molecule has 1 aromatic carbocycles. The van der Waals surface area contributed by atoms with Crippen molar-refractivity contribution in [3.05, 3.63) is 35.9 Å². The van der Waals surface area contributed by atoms with E-state index < -0.39 is 0 Å². The van der Waals surface area contributed by atoms with Gasteiger partial charge in [0.25, 0.3) is 0 Å². The molecule has 3 nitrogen and oxygen atoms in total. The third-order valence-electron chi connectivity index (χ3n) is 4.88. The molecule has 22 heavy (non-hydrogen) atoms. The Bertz CT molecular complexity index is 452. The van der Waals surface area contributed by atoms with Crippen molar-refractivity contribution in [2.45, 2.75) is 52.1 Å². The quantitative estimate of drug-likeness (QED) is 0.868. The molecule has 124 valence electrons. The van der Waals surface area contributed by atoms with Crippen LogP contribution in [-0.2, 0) is 11.3 Å². The summed E-state index contributed by atoms with van der Waals surface area (Å²) in [4.78, 5) is 15.1. The maximum Gasteiger partial charge on any atom is 0.226 e. The van der Waals surface area contributed by atoms with Crippen molar-refractivity contribution in [3.8, 4) is 0 Å². The van der Waals surface area contributed by atoms with Gasteiger partial charge in [0.1, 0.15) is 0 Å². The lowest BCUT2D eigenvalue weighted by Gasteiger charge is -2.32. The molecule has 0 heterocycles. The third kappa shape index (κ3) is 4.47. The molecule has 1 fully saturated rings. The van der Waals surface area contributed by atoms with E-state index in [0.29, 0.717) is 24.9 Å². The molecule has 0 saturated heterocycles. The zero-order valence-electron chi connectivity index (χ0n) is 13.7. The number of nitrogens with zero attached hydrogens (tertiary/aromatic N) is 1. The summed E-state index contributed by atoms with van der Waals surface area (Å²) in [6, 6.07) is 10.5. The number of benzene rings is 1. The van der Waals surface area contributed by atoms with Gasteiger partial charge in [-0.25, -0.2) is 0 Å². The maximum absolute atomic E-state index is 13.0. The topological polar surface area (TPSA) is 46.3 Å². The number of hydrogen-bond donors (Lipinski definition) is 1. The van der Waals surface area contributed by atoms with Gasteiger partial charge >= 0.3 is 0 Å². The predicted molar refractivity (Wildman–Crippen MR) is 93.9 cm³/mol. The monoisotopic (exact) mass is 324 g/mol. The van der Waals surface area contributed by atoms with Gasteiger partial charge in [0, 0.05) is 18.5 Å². The van der Waals surface area contributed by atoms with Crippen LogP contribution in [0.3, 0.4) is 0 Å². The highest BCUT2D eigenvalue weighted by Crippen LogP contribution is 2.33. The Hall–Kier alpha value is -1.06. The number of rotatable bonds is 6. The summed E-state index contributed by atoms with van der Waals surface area (Å²) >= 11 is 0. The van der Waals surface area contributed by atoms with Gasteiger partial charge in [0.2, 0.25) is 5.91 Å². The number of carbonyl (C=O) groups excluding carboxylic acids is 1. The van der Waals surface area contributed by atoms with E-state index in [2.05, 4.69) is 30.9 Å². The first-order valence-corrected chi connectivity index (χ1v) is 8.21. The number of halogens is 1. The van der Waals surface area contributed by atoms with E-state index in [1.165, 1.54) is 5.56 Å². The molecule has 0 spiro atoms. The molecule has 1 unspecified atom stereocenters. The Morgan fingerprint density at radius 3 is 2.59 bits per heavy atom. The molecule has 1 amide bonds. The van der Waals surface area contributed by atoms with E-state index >= 15 is 0 Å². The third-order valence-corrected chi connectivity index (χ3v) is 4.88. The summed E-state index contributed by atoms with van der Waals surface area (Å²) in [5, 5.41) is 0. The van der Waals surface area contributed by atoms with E-state index in [9.17, 15) is 4.79 Å². The number of carbonyl (C=O) groups is 1. The van der Waals surface area contributed by atoms with Gasteiger partial charge in [-0.15, -0.1) is 12.4 Å². The number of hydrogen-bond acceptors (Lipinski definition) is 2. The molecule has 0 radical (unpaired) electrons. The highest BCUT2D eigenvalue weighted by molar-refractivity contribution is 5.85. The van der Waals surface area contributed by atoms with Crippen LogP contribution in [0.5, 0.6) is 0 Å². The van der Waals surface area contributed by atoms with E-state index in [1.807, 2.05) is 18.2 Å². The smallest absolute Gasteiger partial charge is 0.226 e. The minimum absolute atomic E-state index is 0. The van der Waals surface area contributed by atoms with Gasteiger partial charge in [-0.05, 0) is 44.2 Å². The van der Waals surface area contributed by atoms with E-state index in [4.69, 9.17) is 5.73 Å². The summed E-state index contributed by atoms with van der Waals surface area (Å²) in [6.07, 6.45) is 4.23. The highest BCUT2D eigenvalue weighted by Gasteiger charge is 2.35. The summed E-state index contributed by atoms with van der Waals surface area (Å²) < 4.78 is 0. The standard InChI is InChI=1S/C18H28N2O.ClH/c1-3-14(2)20(13-15-8-5-4-6-9-15)18(21)17-11-7-10-16(17)12-19;/h4-6,8-9,14,16-17H,3,7,10-13,19H2,1-2H3;1H/t14?,16-,17-;/m1./s1. The molecule has 1 aliphatic rings. The lowest BCUT2D eigenvalue weighted by molar-refractivity contribution is -0.139. The van der Waals surface area contributed by atoms with Crippen molar-refractivity contribution >= 4 is 18.3 Å². The highest BCUT2D eigenvalue weighted by atomic mass is 35.5. The van der Waals surface area contributed by atoms with Crippen LogP contribution in [0.25, 0.3) is 0 Å². The second kappa shape index (κ2) is 9.16. The maximum atomic E-state index is 13.0. The first kappa shape index (κ1) is 19.0. The van der Waals surface area contributed by atoms with Gasteiger partial charge in [-0.2, -0.15) is 0 Å². The fourth-order valence-electron chi connectivity index (χ4n) is 3.31. The van der Waals surface area contributed by atoms with E-state index in [0.717, 1.165) is 25.7 Å². The van der Waals surface area contributed by atoms with Crippen molar-refractivity contribution < 1.29 is 4.79 Å². The van der Waals surface area contributed by atoms with Crippen LogP contribution in [0, 0.1) is 11.8 Å². The lowest BCUT2D eigenvalue weighted by atomic mass is 9.93. The van der Waals surface area contributed by atoms with Crippen LogP contribution in [0.2, 0.25) is 0 Å². The van der Waals surface area contributed by atoms with Gasteiger partial charge < -0.3 is 10.6 Å². The summed E-state index contributed by atoms with van der Waals surface area (Å²) in [5.74, 6) is 0.814. The predicted octanol–water partition coefficient (Wildman–Crippen LogP) is 3.61. The molecule has 3 atom stereocenters. The van der Waals surface area contributed by atoms with Gasteiger partial charge in [-0.3, -0.25) is 4.79 Å².